The van der Waals surface area contributed by atoms with Gasteiger partial charge in [-0.25, -0.2) is 0 Å². The number of amides is 2. The van der Waals surface area contributed by atoms with E-state index in [9.17, 15) is 32.9 Å². The quantitative estimate of drug-likeness (QED) is 0.388. The number of anilines is 2. The summed E-state index contributed by atoms with van der Waals surface area (Å²) in [6.45, 7) is 0.710. The lowest BCUT2D eigenvalue weighted by Crippen LogP contribution is -2.20. The summed E-state index contributed by atoms with van der Waals surface area (Å²) >= 11 is -0.497. The van der Waals surface area contributed by atoms with Crippen LogP contribution >= 0.6 is 11.8 Å². The van der Waals surface area contributed by atoms with Crippen LogP contribution in [-0.4, -0.2) is 28.9 Å². The molecular formula is C17H14F3N3O5S. The summed E-state index contributed by atoms with van der Waals surface area (Å²) in [4.78, 5) is 32.9. The molecule has 0 heterocycles. The molecule has 2 aromatic carbocycles. The molecule has 0 aliphatic rings. The third kappa shape index (κ3) is 7.33. The molecule has 2 amide bonds. The number of nitro benzene ring substituents is 1. The van der Waals surface area contributed by atoms with Gasteiger partial charge in [0.25, 0.3) is 5.91 Å². The Balaban J connectivity index is 2.04. The van der Waals surface area contributed by atoms with E-state index in [4.69, 9.17) is 4.74 Å². The molecule has 2 N–H and O–H groups in total. The van der Waals surface area contributed by atoms with Crippen molar-refractivity contribution in [3.05, 3.63) is 52.6 Å². The van der Waals surface area contributed by atoms with Crippen molar-refractivity contribution in [3.8, 4) is 5.75 Å². The normalized spacial score (nSPS) is 10.9. The summed E-state index contributed by atoms with van der Waals surface area (Å²) in [6, 6.07) is 8.97. The fourth-order valence-electron chi connectivity index (χ4n) is 2.18. The lowest BCUT2D eigenvalue weighted by molar-refractivity contribution is -0.386. The number of halogens is 3. The summed E-state index contributed by atoms with van der Waals surface area (Å²) in [5.74, 6) is -1.30. The molecule has 0 atom stereocenters. The Labute approximate surface area is 166 Å². The summed E-state index contributed by atoms with van der Waals surface area (Å²) < 4.78 is 42.4. The number of hydrogen-bond acceptors (Lipinski definition) is 6. The minimum atomic E-state index is -4.60. The first-order valence-electron chi connectivity index (χ1n) is 7.88. The molecule has 2 aromatic rings. The van der Waals surface area contributed by atoms with E-state index in [1.807, 2.05) is 0 Å². The molecule has 154 valence electrons. The lowest BCUT2D eigenvalue weighted by Gasteiger charge is -2.10. The van der Waals surface area contributed by atoms with Crippen molar-refractivity contribution < 1.29 is 32.4 Å². The van der Waals surface area contributed by atoms with Gasteiger partial charge in [0.2, 0.25) is 5.91 Å². The van der Waals surface area contributed by atoms with Gasteiger partial charge >= 0.3 is 11.2 Å². The van der Waals surface area contributed by atoms with Crippen molar-refractivity contribution in [1.29, 1.82) is 0 Å². The highest BCUT2D eigenvalue weighted by atomic mass is 32.2. The van der Waals surface area contributed by atoms with Crippen molar-refractivity contribution in [2.75, 3.05) is 17.2 Å². The van der Waals surface area contributed by atoms with Crippen molar-refractivity contribution in [1.82, 2.24) is 0 Å². The van der Waals surface area contributed by atoms with Crippen LogP contribution in [0.1, 0.15) is 6.92 Å². The molecule has 0 spiro atoms. The average molecular weight is 429 g/mol. The van der Waals surface area contributed by atoms with Gasteiger partial charge in [-0.2, -0.15) is 13.2 Å². The van der Waals surface area contributed by atoms with E-state index in [1.54, 1.807) is 18.2 Å². The van der Waals surface area contributed by atoms with Gasteiger partial charge in [-0.1, -0.05) is 6.07 Å². The predicted molar refractivity (Wildman–Crippen MR) is 99.9 cm³/mol. The highest BCUT2D eigenvalue weighted by Gasteiger charge is 2.30. The summed E-state index contributed by atoms with van der Waals surface area (Å²) in [6.07, 6.45) is 0. The highest BCUT2D eigenvalue weighted by Crippen LogP contribution is 2.40. The fraction of sp³-hybridized carbons (Fsp3) is 0.176. The summed E-state index contributed by atoms with van der Waals surface area (Å²) in [5, 5.41) is 16.1. The van der Waals surface area contributed by atoms with Crippen LogP contribution in [0.15, 0.2) is 47.4 Å². The number of ether oxygens (including phenoxy) is 1. The number of hydrogen-bond donors (Lipinski definition) is 2. The first-order chi connectivity index (χ1) is 13.5. The third-order valence-corrected chi connectivity index (χ3v) is 3.91. The van der Waals surface area contributed by atoms with Gasteiger partial charge in [0.15, 0.2) is 12.4 Å². The molecule has 8 nitrogen and oxygen atoms in total. The number of carbonyl (C=O) groups excluding carboxylic acids is 2. The number of rotatable bonds is 7. The van der Waals surface area contributed by atoms with Crippen LogP contribution in [-0.2, 0) is 9.59 Å². The Bertz CT molecular complexity index is 937. The molecular weight excluding hydrogens is 415 g/mol. The average Bonchev–Trinajstić information content (AvgIpc) is 2.58. The van der Waals surface area contributed by atoms with Crippen molar-refractivity contribution >= 4 is 40.6 Å². The zero-order valence-corrected chi connectivity index (χ0v) is 15.6. The molecule has 0 aromatic heterocycles. The Morgan fingerprint density at radius 3 is 2.38 bits per heavy atom. The molecule has 0 saturated heterocycles. The third-order valence-electron chi connectivity index (χ3n) is 3.19. The van der Waals surface area contributed by atoms with Crippen LogP contribution in [0.3, 0.4) is 0 Å². The van der Waals surface area contributed by atoms with Crippen molar-refractivity contribution in [2.45, 2.75) is 17.3 Å². The van der Waals surface area contributed by atoms with E-state index in [2.05, 4.69) is 10.6 Å². The molecule has 0 aliphatic carbocycles. The monoisotopic (exact) mass is 429 g/mol. The molecule has 0 fully saturated rings. The molecule has 2 rings (SSSR count). The number of carbonyl (C=O) groups is 2. The topological polar surface area (TPSA) is 111 Å². The van der Waals surface area contributed by atoms with Crippen LogP contribution in [0, 0.1) is 10.1 Å². The Hall–Kier alpha value is -3.28. The molecule has 0 unspecified atom stereocenters. The van der Waals surface area contributed by atoms with E-state index < -0.39 is 40.4 Å². The van der Waals surface area contributed by atoms with Crippen LogP contribution in [0.5, 0.6) is 5.75 Å². The van der Waals surface area contributed by atoms with E-state index in [-0.39, 0.29) is 16.6 Å². The lowest BCUT2D eigenvalue weighted by atomic mass is 10.2. The first kappa shape index (κ1) is 22.0. The largest absolute Gasteiger partial charge is 0.477 e. The maximum absolute atomic E-state index is 12.4. The fourth-order valence-corrected chi connectivity index (χ4v) is 2.75. The molecule has 29 heavy (non-hydrogen) atoms. The van der Waals surface area contributed by atoms with Crippen LogP contribution in [0.25, 0.3) is 0 Å². The number of nitro groups is 1. The Morgan fingerprint density at radius 1 is 1.14 bits per heavy atom. The zero-order chi connectivity index (χ0) is 21.6. The van der Waals surface area contributed by atoms with E-state index in [0.29, 0.717) is 11.4 Å². The van der Waals surface area contributed by atoms with Gasteiger partial charge in [0.1, 0.15) is 0 Å². The predicted octanol–water partition coefficient (Wildman–Crippen LogP) is 4.18. The summed E-state index contributed by atoms with van der Waals surface area (Å²) in [7, 11) is 0. The van der Waals surface area contributed by atoms with Gasteiger partial charge < -0.3 is 15.4 Å². The molecule has 12 heteroatoms. The molecule has 0 saturated carbocycles. The number of thioether (sulfide) groups is 1. The molecule has 0 aliphatic heterocycles. The maximum atomic E-state index is 12.4. The smallest absolute Gasteiger partial charge is 0.446 e. The van der Waals surface area contributed by atoms with E-state index >= 15 is 0 Å². The van der Waals surface area contributed by atoms with Gasteiger partial charge in [-0.15, -0.1) is 0 Å². The summed E-state index contributed by atoms with van der Waals surface area (Å²) in [5.41, 5.74) is -4.50. The standard InChI is InChI=1S/C17H14F3N3O5S/c1-10(24)21-11-3-2-4-12(7-11)22-16(25)9-28-15-6-5-13(29-17(18,19)20)8-14(15)23(26)27/h2-8H,9H2,1H3,(H,21,24)(H,22,25). The van der Waals surface area contributed by atoms with Crippen LogP contribution < -0.4 is 15.4 Å². The van der Waals surface area contributed by atoms with E-state index in [0.717, 1.165) is 18.2 Å². The van der Waals surface area contributed by atoms with Crippen molar-refractivity contribution in [3.63, 3.8) is 0 Å². The Kier molecular flexibility index (Phi) is 7.04. The zero-order valence-electron chi connectivity index (χ0n) is 14.8. The number of nitrogens with one attached hydrogen (secondary N) is 2. The second-order valence-electron chi connectivity index (χ2n) is 5.53. The highest BCUT2D eigenvalue weighted by molar-refractivity contribution is 8.00. The molecule has 0 bridgehead atoms. The maximum Gasteiger partial charge on any atom is 0.446 e. The molecule has 0 radical (unpaired) electrons. The number of nitrogens with zero attached hydrogens (tertiary/aromatic N) is 1. The van der Waals surface area contributed by atoms with Gasteiger partial charge in [-0.3, -0.25) is 19.7 Å². The second kappa shape index (κ2) is 9.28. The minimum Gasteiger partial charge on any atom is -0.477 e. The SMILES string of the molecule is CC(=O)Nc1cccc(NC(=O)COc2ccc(SC(F)(F)F)cc2[N+](=O)[O-])c1. The van der Waals surface area contributed by atoms with Gasteiger partial charge in [-0.05, 0) is 42.1 Å². The number of benzene rings is 2. The van der Waals surface area contributed by atoms with Gasteiger partial charge in [0.05, 0.1) is 4.92 Å². The second-order valence-corrected chi connectivity index (χ2v) is 6.67. The van der Waals surface area contributed by atoms with Crippen LogP contribution in [0.2, 0.25) is 0 Å². The first-order valence-corrected chi connectivity index (χ1v) is 8.69. The van der Waals surface area contributed by atoms with Crippen molar-refractivity contribution in [2.24, 2.45) is 0 Å². The van der Waals surface area contributed by atoms with Crippen LogP contribution in [0.4, 0.5) is 30.2 Å². The van der Waals surface area contributed by atoms with E-state index in [1.165, 1.54) is 13.0 Å². The number of alkyl halides is 3. The Morgan fingerprint density at radius 2 is 1.79 bits per heavy atom. The minimum absolute atomic E-state index is 0.295. The van der Waals surface area contributed by atoms with Gasteiger partial charge in [0, 0.05) is 29.3 Å².